The van der Waals surface area contributed by atoms with Gasteiger partial charge >= 0.3 is 0 Å². The topological polar surface area (TPSA) is 30.7 Å². The van der Waals surface area contributed by atoms with Gasteiger partial charge in [-0.2, -0.15) is 0 Å². The summed E-state index contributed by atoms with van der Waals surface area (Å²) >= 11 is 1.87. The standard InChI is InChI=1S/C46H27N3S/c1-2-13-30(14-3-1)44-35-17-8-9-20-38(35)47-46(48-44)49-39-25-22-28-11-4-6-15-32(28)42(39)37-19-10-18-34(45(37)49)31-21-24-36-41(27-31)50-40-26-23-29-12-5-7-16-33(29)43(36)40/h1-27H. The normalized spacial score (nSPS) is 12.0. The molecule has 0 aliphatic carbocycles. The number of para-hydroxylation sites is 2. The molecule has 0 unspecified atom stereocenters. The van der Waals surface area contributed by atoms with E-state index in [0.29, 0.717) is 5.95 Å². The molecule has 0 atom stereocenters. The van der Waals surface area contributed by atoms with Crippen LogP contribution < -0.4 is 0 Å². The van der Waals surface area contributed by atoms with Crippen LogP contribution in [-0.2, 0) is 0 Å². The highest BCUT2D eigenvalue weighted by Gasteiger charge is 2.22. The van der Waals surface area contributed by atoms with E-state index in [2.05, 4.69) is 162 Å². The molecule has 232 valence electrons. The van der Waals surface area contributed by atoms with E-state index in [1.54, 1.807) is 0 Å². The zero-order valence-electron chi connectivity index (χ0n) is 26.8. The molecule has 0 aliphatic rings. The summed E-state index contributed by atoms with van der Waals surface area (Å²) < 4.78 is 4.90. The minimum atomic E-state index is 0.666. The van der Waals surface area contributed by atoms with Gasteiger partial charge in [-0.1, -0.05) is 140 Å². The van der Waals surface area contributed by atoms with E-state index in [4.69, 9.17) is 9.97 Å². The molecule has 8 aromatic carbocycles. The van der Waals surface area contributed by atoms with Crippen molar-refractivity contribution in [2.45, 2.75) is 0 Å². The molecule has 3 aromatic heterocycles. The molecule has 3 nitrogen and oxygen atoms in total. The number of thiophene rings is 1. The van der Waals surface area contributed by atoms with E-state index in [0.717, 1.165) is 38.8 Å². The Morgan fingerprint density at radius 2 is 1.14 bits per heavy atom. The summed E-state index contributed by atoms with van der Waals surface area (Å²) in [6.45, 7) is 0. The fourth-order valence-corrected chi connectivity index (χ4v) is 9.13. The number of rotatable bonds is 3. The van der Waals surface area contributed by atoms with E-state index in [9.17, 15) is 0 Å². The second-order valence-electron chi connectivity index (χ2n) is 12.9. The van der Waals surface area contributed by atoms with Crippen LogP contribution in [0.15, 0.2) is 164 Å². The Morgan fingerprint density at radius 3 is 1.98 bits per heavy atom. The van der Waals surface area contributed by atoms with Crippen molar-refractivity contribution in [1.82, 2.24) is 14.5 Å². The lowest BCUT2D eigenvalue weighted by atomic mass is 9.98. The lowest BCUT2D eigenvalue weighted by molar-refractivity contribution is 1.01. The molecule has 11 aromatic rings. The minimum Gasteiger partial charge on any atom is -0.277 e. The van der Waals surface area contributed by atoms with Crippen molar-refractivity contribution in [2.75, 3.05) is 0 Å². The number of aromatic nitrogens is 3. The van der Waals surface area contributed by atoms with Gasteiger partial charge in [-0.3, -0.25) is 4.57 Å². The first-order valence-corrected chi connectivity index (χ1v) is 17.7. The van der Waals surface area contributed by atoms with Crippen LogP contribution in [-0.4, -0.2) is 14.5 Å². The van der Waals surface area contributed by atoms with Gasteiger partial charge in [0.15, 0.2) is 0 Å². The average molecular weight is 654 g/mol. The summed E-state index contributed by atoms with van der Waals surface area (Å²) in [6.07, 6.45) is 0. The van der Waals surface area contributed by atoms with Crippen LogP contribution in [0.1, 0.15) is 0 Å². The molecule has 11 rings (SSSR count). The summed E-state index contributed by atoms with van der Waals surface area (Å²) in [5.74, 6) is 0.666. The maximum absolute atomic E-state index is 5.39. The molecular formula is C46H27N3S. The molecular weight excluding hydrogens is 627 g/mol. The molecule has 0 spiro atoms. The van der Waals surface area contributed by atoms with Crippen LogP contribution in [0, 0.1) is 0 Å². The fourth-order valence-electron chi connectivity index (χ4n) is 7.97. The summed E-state index contributed by atoms with van der Waals surface area (Å²) in [4.78, 5) is 10.7. The Morgan fingerprint density at radius 1 is 0.440 bits per heavy atom. The molecule has 0 aliphatic heterocycles. The van der Waals surface area contributed by atoms with Crippen molar-refractivity contribution in [3.8, 4) is 28.3 Å². The first kappa shape index (κ1) is 27.6. The number of hydrogen-bond donors (Lipinski definition) is 0. The maximum atomic E-state index is 5.39. The summed E-state index contributed by atoms with van der Waals surface area (Å²) in [7, 11) is 0. The Kier molecular flexibility index (Phi) is 5.83. The number of fused-ring (bicyclic) bond motifs is 11. The fraction of sp³-hybridized carbons (Fsp3) is 0. The molecule has 0 radical (unpaired) electrons. The van der Waals surface area contributed by atoms with E-state index in [-0.39, 0.29) is 0 Å². The van der Waals surface area contributed by atoms with Crippen LogP contribution in [0.3, 0.4) is 0 Å². The van der Waals surface area contributed by atoms with Gasteiger partial charge in [0.2, 0.25) is 5.95 Å². The Bertz CT molecular complexity index is 3150. The number of benzene rings is 8. The van der Waals surface area contributed by atoms with Gasteiger partial charge in [-0.05, 0) is 51.4 Å². The molecule has 0 amide bonds. The molecule has 3 heterocycles. The third kappa shape index (κ3) is 3.97. The zero-order valence-corrected chi connectivity index (χ0v) is 27.7. The largest absolute Gasteiger partial charge is 0.277 e. The summed E-state index contributed by atoms with van der Waals surface area (Å²) in [5.41, 5.74) is 7.46. The third-order valence-electron chi connectivity index (χ3n) is 10.2. The second-order valence-corrected chi connectivity index (χ2v) is 14.0. The first-order valence-electron chi connectivity index (χ1n) is 16.9. The van der Waals surface area contributed by atoms with Crippen molar-refractivity contribution in [3.05, 3.63) is 164 Å². The van der Waals surface area contributed by atoms with Gasteiger partial charge in [0.05, 0.1) is 22.2 Å². The van der Waals surface area contributed by atoms with E-state index < -0.39 is 0 Å². The van der Waals surface area contributed by atoms with Crippen molar-refractivity contribution in [1.29, 1.82) is 0 Å². The molecule has 50 heavy (non-hydrogen) atoms. The average Bonchev–Trinajstić information content (AvgIpc) is 3.74. The van der Waals surface area contributed by atoms with Crippen LogP contribution in [0.2, 0.25) is 0 Å². The smallest absolute Gasteiger partial charge is 0.235 e. The van der Waals surface area contributed by atoms with Gasteiger partial charge in [0.1, 0.15) is 0 Å². The number of nitrogens with zero attached hydrogens (tertiary/aromatic N) is 3. The van der Waals surface area contributed by atoms with Gasteiger partial charge in [-0.25, -0.2) is 9.97 Å². The molecule has 0 N–H and O–H groups in total. The monoisotopic (exact) mass is 653 g/mol. The van der Waals surface area contributed by atoms with Crippen molar-refractivity contribution < 1.29 is 0 Å². The minimum absolute atomic E-state index is 0.666. The molecule has 0 fully saturated rings. The van der Waals surface area contributed by atoms with Gasteiger partial charge in [0.25, 0.3) is 0 Å². The van der Waals surface area contributed by atoms with E-state index in [1.165, 1.54) is 58.1 Å². The van der Waals surface area contributed by atoms with Gasteiger partial charge in [-0.15, -0.1) is 11.3 Å². The zero-order chi connectivity index (χ0) is 32.8. The summed E-state index contributed by atoms with van der Waals surface area (Å²) in [6, 6.07) is 58.8. The SMILES string of the molecule is c1ccc(-c2nc(-n3c4ccc5ccccc5c4c4cccc(-c5ccc6c(c5)sc5ccc7ccccc7c56)c43)nc3ccccc23)cc1. The van der Waals surface area contributed by atoms with E-state index in [1.807, 2.05) is 17.4 Å². The third-order valence-corrected chi connectivity index (χ3v) is 11.3. The lowest BCUT2D eigenvalue weighted by Crippen LogP contribution is -2.04. The van der Waals surface area contributed by atoms with Crippen molar-refractivity contribution in [3.63, 3.8) is 0 Å². The summed E-state index contributed by atoms with van der Waals surface area (Å²) in [5, 5.41) is 11.1. The predicted molar refractivity (Wildman–Crippen MR) is 213 cm³/mol. The molecule has 4 heteroatoms. The van der Waals surface area contributed by atoms with Gasteiger partial charge < -0.3 is 0 Å². The quantitative estimate of drug-likeness (QED) is 0.190. The van der Waals surface area contributed by atoms with Crippen molar-refractivity contribution >= 4 is 85.8 Å². The highest BCUT2D eigenvalue weighted by Crippen LogP contribution is 2.44. The van der Waals surface area contributed by atoms with Crippen molar-refractivity contribution in [2.24, 2.45) is 0 Å². The Labute approximate surface area is 291 Å². The van der Waals surface area contributed by atoms with Crippen LogP contribution in [0.25, 0.3) is 103 Å². The second kappa shape index (κ2) is 10.6. The van der Waals surface area contributed by atoms with Crippen LogP contribution in [0.5, 0.6) is 0 Å². The molecule has 0 saturated carbocycles. The van der Waals surface area contributed by atoms with Crippen LogP contribution in [0.4, 0.5) is 0 Å². The Balaban J connectivity index is 1.25. The Hall–Kier alpha value is -6.36. The van der Waals surface area contributed by atoms with Crippen LogP contribution >= 0.6 is 11.3 Å². The number of hydrogen-bond acceptors (Lipinski definition) is 3. The first-order chi connectivity index (χ1) is 24.8. The maximum Gasteiger partial charge on any atom is 0.235 e. The lowest BCUT2D eigenvalue weighted by Gasteiger charge is -2.13. The van der Waals surface area contributed by atoms with E-state index >= 15 is 0 Å². The molecule has 0 bridgehead atoms. The highest BCUT2D eigenvalue weighted by molar-refractivity contribution is 7.26. The molecule has 0 saturated heterocycles. The predicted octanol–water partition coefficient (Wildman–Crippen LogP) is 12.7. The highest BCUT2D eigenvalue weighted by atomic mass is 32.1. The van der Waals surface area contributed by atoms with Gasteiger partial charge in [0, 0.05) is 47.5 Å².